The summed E-state index contributed by atoms with van der Waals surface area (Å²) < 4.78 is 4.95. The highest BCUT2D eigenvalue weighted by atomic mass is 16.5. The van der Waals surface area contributed by atoms with E-state index in [-0.39, 0.29) is 5.89 Å². The molecule has 2 aromatic rings. The average Bonchev–Trinajstić information content (AvgIpc) is 2.78. The molecule has 0 radical (unpaired) electrons. The highest BCUT2D eigenvalue weighted by Gasteiger charge is 2.16. The molecule has 0 spiro atoms. The van der Waals surface area contributed by atoms with Crippen LogP contribution in [-0.4, -0.2) is 31.8 Å². The van der Waals surface area contributed by atoms with Crippen molar-refractivity contribution in [2.45, 2.75) is 19.4 Å². The Kier molecular flexibility index (Phi) is 3.40. The molecule has 0 saturated carbocycles. The van der Waals surface area contributed by atoms with Crippen molar-refractivity contribution < 1.29 is 9.63 Å². The monoisotopic (exact) mass is 235 g/mol. The molecule has 2 rings (SSSR count). The van der Waals surface area contributed by atoms with E-state index >= 15 is 0 Å². The van der Waals surface area contributed by atoms with Gasteiger partial charge < -0.3 is 15.4 Å². The Labute approximate surface area is 97.7 Å². The first kappa shape index (κ1) is 11.6. The molecule has 1 unspecified atom stereocenters. The van der Waals surface area contributed by atoms with E-state index in [2.05, 4.69) is 20.1 Å². The zero-order valence-electron chi connectivity index (χ0n) is 9.37. The molecule has 0 aliphatic rings. The molecule has 3 N–H and O–H groups in total. The number of rotatable bonds is 4. The van der Waals surface area contributed by atoms with Crippen LogP contribution in [0.25, 0.3) is 11.5 Å². The summed E-state index contributed by atoms with van der Waals surface area (Å²) in [5.41, 5.74) is 5.90. The van der Waals surface area contributed by atoms with Crippen LogP contribution in [0.3, 0.4) is 0 Å². The zero-order chi connectivity index (χ0) is 12.3. The highest BCUT2D eigenvalue weighted by molar-refractivity contribution is 5.46. The smallest absolute Gasteiger partial charge is 0.255 e. The molecular formula is C10H13N5O2. The van der Waals surface area contributed by atoms with Gasteiger partial charge in [0.1, 0.15) is 17.6 Å². The minimum absolute atomic E-state index is 0.154. The Morgan fingerprint density at radius 1 is 1.47 bits per heavy atom. The first-order valence-electron chi connectivity index (χ1n) is 5.22. The first-order chi connectivity index (χ1) is 8.20. The van der Waals surface area contributed by atoms with E-state index in [1.807, 2.05) is 0 Å². The lowest BCUT2D eigenvalue weighted by molar-refractivity contribution is 0.127. The standard InChI is InChI=1S/C10H13N5O2/c1-6-12-5-3-7(13-6)9-14-10(17-15-9)8(16)2-4-11/h3,5,8,16H,2,4,11H2,1H3. The summed E-state index contributed by atoms with van der Waals surface area (Å²) in [7, 11) is 0. The third-order valence-corrected chi connectivity index (χ3v) is 2.17. The third kappa shape index (κ3) is 2.63. The lowest BCUT2D eigenvalue weighted by Gasteiger charge is -2.00. The lowest BCUT2D eigenvalue weighted by Crippen LogP contribution is -2.06. The van der Waals surface area contributed by atoms with E-state index in [4.69, 9.17) is 10.3 Å². The zero-order valence-corrected chi connectivity index (χ0v) is 9.37. The number of aryl methyl sites for hydroxylation is 1. The van der Waals surface area contributed by atoms with Crippen LogP contribution in [0.4, 0.5) is 0 Å². The minimum atomic E-state index is -0.829. The Morgan fingerprint density at radius 2 is 2.29 bits per heavy atom. The van der Waals surface area contributed by atoms with Crippen LogP contribution in [0, 0.1) is 6.92 Å². The quantitative estimate of drug-likeness (QED) is 0.779. The molecule has 0 aromatic carbocycles. The fraction of sp³-hybridized carbons (Fsp3) is 0.400. The second-order valence-electron chi connectivity index (χ2n) is 3.54. The van der Waals surface area contributed by atoms with Gasteiger partial charge in [-0.15, -0.1) is 0 Å². The average molecular weight is 235 g/mol. The maximum atomic E-state index is 9.63. The van der Waals surface area contributed by atoms with Crippen LogP contribution in [-0.2, 0) is 0 Å². The van der Waals surface area contributed by atoms with Gasteiger partial charge in [0.25, 0.3) is 5.89 Å². The maximum absolute atomic E-state index is 9.63. The Hall–Kier alpha value is -1.86. The van der Waals surface area contributed by atoms with Crippen molar-refractivity contribution in [2.75, 3.05) is 6.54 Å². The van der Waals surface area contributed by atoms with Gasteiger partial charge in [-0.25, -0.2) is 9.97 Å². The molecule has 0 saturated heterocycles. The molecule has 0 bridgehead atoms. The molecule has 17 heavy (non-hydrogen) atoms. The SMILES string of the molecule is Cc1nccc(-c2noc(C(O)CCN)n2)n1. The van der Waals surface area contributed by atoms with Gasteiger partial charge in [0.05, 0.1) is 0 Å². The summed E-state index contributed by atoms with van der Waals surface area (Å²) in [6, 6.07) is 1.68. The number of nitrogens with two attached hydrogens (primary N) is 1. The fourth-order valence-corrected chi connectivity index (χ4v) is 1.34. The third-order valence-electron chi connectivity index (χ3n) is 2.17. The van der Waals surface area contributed by atoms with Crippen molar-refractivity contribution in [2.24, 2.45) is 5.73 Å². The van der Waals surface area contributed by atoms with E-state index in [1.165, 1.54) is 0 Å². The molecule has 2 heterocycles. The summed E-state index contributed by atoms with van der Waals surface area (Å²) in [6.07, 6.45) is 1.17. The molecule has 0 fully saturated rings. The summed E-state index contributed by atoms with van der Waals surface area (Å²) in [5.74, 6) is 1.11. The second kappa shape index (κ2) is 4.98. The van der Waals surface area contributed by atoms with E-state index in [0.717, 1.165) is 0 Å². The molecule has 7 nitrogen and oxygen atoms in total. The van der Waals surface area contributed by atoms with Gasteiger partial charge in [0, 0.05) is 6.20 Å². The summed E-state index contributed by atoms with van der Waals surface area (Å²) in [6.45, 7) is 2.12. The Bertz CT molecular complexity index is 499. The molecule has 1 atom stereocenters. The van der Waals surface area contributed by atoms with Crippen molar-refractivity contribution in [3.05, 3.63) is 24.0 Å². The molecule has 0 aliphatic heterocycles. The molecule has 0 amide bonds. The van der Waals surface area contributed by atoms with Crippen molar-refractivity contribution in [1.29, 1.82) is 0 Å². The lowest BCUT2D eigenvalue weighted by atomic mass is 10.2. The number of aromatic nitrogens is 4. The van der Waals surface area contributed by atoms with Gasteiger partial charge in [-0.1, -0.05) is 5.16 Å². The summed E-state index contributed by atoms with van der Waals surface area (Å²) >= 11 is 0. The van der Waals surface area contributed by atoms with E-state index in [1.54, 1.807) is 19.2 Å². The maximum Gasteiger partial charge on any atom is 0.255 e. The van der Waals surface area contributed by atoms with Gasteiger partial charge in [0.15, 0.2) is 0 Å². The minimum Gasteiger partial charge on any atom is -0.383 e. The van der Waals surface area contributed by atoms with E-state index in [0.29, 0.717) is 30.3 Å². The van der Waals surface area contributed by atoms with Gasteiger partial charge in [0.2, 0.25) is 5.82 Å². The molecule has 0 aliphatic carbocycles. The number of aliphatic hydroxyl groups is 1. The second-order valence-corrected chi connectivity index (χ2v) is 3.54. The van der Waals surface area contributed by atoms with Crippen molar-refractivity contribution in [1.82, 2.24) is 20.1 Å². The van der Waals surface area contributed by atoms with Crippen LogP contribution >= 0.6 is 0 Å². The Balaban J connectivity index is 2.23. The number of aliphatic hydroxyl groups excluding tert-OH is 1. The summed E-state index contributed by atoms with van der Waals surface area (Å²) in [4.78, 5) is 12.2. The number of hydrogen-bond donors (Lipinski definition) is 2. The van der Waals surface area contributed by atoms with Crippen molar-refractivity contribution in [3.8, 4) is 11.5 Å². The predicted octanol–water partition coefficient (Wildman–Crippen LogP) is 0.217. The molecule has 7 heteroatoms. The van der Waals surface area contributed by atoms with E-state index < -0.39 is 6.10 Å². The largest absolute Gasteiger partial charge is 0.383 e. The normalized spacial score (nSPS) is 12.6. The van der Waals surface area contributed by atoms with Gasteiger partial charge >= 0.3 is 0 Å². The number of hydrogen-bond acceptors (Lipinski definition) is 7. The predicted molar refractivity (Wildman–Crippen MR) is 58.7 cm³/mol. The van der Waals surface area contributed by atoms with Crippen molar-refractivity contribution in [3.63, 3.8) is 0 Å². The first-order valence-corrected chi connectivity index (χ1v) is 5.22. The topological polar surface area (TPSA) is 111 Å². The number of nitrogens with zero attached hydrogens (tertiary/aromatic N) is 4. The van der Waals surface area contributed by atoms with Crippen molar-refractivity contribution >= 4 is 0 Å². The fourth-order valence-electron chi connectivity index (χ4n) is 1.34. The molecular weight excluding hydrogens is 222 g/mol. The van der Waals surface area contributed by atoms with Crippen LogP contribution in [0.15, 0.2) is 16.8 Å². The van der Waals surface area contributed by atoms with Gasteiger partial charge in [-0.05, 0) is 26.0 Å². The highest BCUT2D eigenvalue weighted by Crippen LogP contribution is 2.18. The molecule has 90 valence electrons. The Morgan fingerprint density at radius 3 is 3.00 bits per heavy atom. The van der Waals surface area contributed by atoms with Crippen LogP contribution in [0.2, 0.25) is 0 Å². The van der Waals surface area contributed by atoms with Gasteiger partial charge in [-0.3, -0.25) is 0 Å². The summed E-state index contributed by atoms with van der Waals surface area (Å²) in [5, 5.41) is 13.4. The molecule has 2 aromatic heterocycles. The van der Waals surface area contributed by atoms with Crippen LogP contribution in [0.5, 0.6) is 0 Å². The van der Waals surface area contributed by atoms with E-state index in [9.17, 15) is 5.11 Å². The van der Waals surface area contributed by atoms with Crippen LogP contribution < -0.4 is 5.73 Å². The van der Waals surface area contributed by atoms with Crippen LogP contribution in [0.1, 0.15) is 24.2 Å². The van der Waals surface area contributed by atoms with Gasteiger partial charge in [-0.2, -0.15) is 4.98 Å².